The summed E-state index contributed by atoms with van der Waals surface area (Å²) in [4.78, 5) is 14.8. The minimum absolute atomic E-state index is 0.0202. The van der Waals surface area contributed by atoms with Gasteiger partial charge in [0.2, 0.25) is 5.91 Å². The van der Waals surface area contributed by atoms with Crippen molar-refractivity contribution in [3.05, 3.63) is 36.0 Å². The predicted molar refractivity (Wildman–Crippen MR) is 66.9 cm³/mol. The van der Waals surface area contributed by atoms with Crippen molar-refractivity contribution in [1.82, 2.24) is 10.3 Å². The van der Waals surface area contributed by atoms with Crippen LogP contribution in [0.5, 0.6) is 0 Å². The van der Waals surface area contributed by atoms with E-state index in [4.69, 9.17) is 4.74 Å². The third-order valence-electron chi connectivity index (χ3n) is 2.65. The van der Waals surface area contributed by atoms with Crippen LogP contribution in [0.15, 0.2) is 30.5 Å². The predicted octanol–water partition coefficient (Wildman–Crippen LogP) is 1.47. The number of hydrogen-bond acceptors (Lipinski definition) is 2. The Hall–Kier alpha value is -1.81. The molecule has 90 valence electrons. The Balaban J connectivity index is 2.01. The first-order valence-corrected chi connectivity index (χ1v) is 5.62. The number of amides is 1. The lowest BCUT2D eigenvalue weighted by Crippen LogP contribution is -2.28. The van der Waals surface area contributed by atoms with E-state index in [1.54, 1.807) is 7.11 Å². The van der Waals surface area contributed by atoms with E-state index in [0.717, 1.165) is 16.5 Å². The number of para-hydroxylation sites is 1. The molecule has 0 atom stereocenters. The molecule has 4 nitrogen and oxygen atoms in total. The number of methoxy groups -OCH3 is 1. The molecule has 0 bridgehead atoms. The highest BCUT2D eigenvalue weighted by Gasteiger charge is 2.07. The number of carbonyl (C=O) groups excluding carboxylic acids is 1. The molecule has 0 saturated heterocycles. The zero-order valence-electron chi connectivity index (χ0n) is 9.82. The van der Waals surface area contributed by atoms with Crippen LogP contribution in [-0.2, 0) is 16.0 Å². The first kappa shape index (κ1) is 11.7. The second-order valence-electron chi connectivity index (χ2n) is 3.88. The van der Waals surface area contributed by atoms with Crippen molar-refractivity contribution >= 4 is 16.8 Å². The number of benzene rings is 1. The molecule has 1 heterocycles. The van der Waals surface area contributed by atoms with Gasteiger partial charge in [-0.15, -0.1) is 0 Å². The number of aromatic nitrogens is 1. The zero-order chi connectivity index (χ0) is 12.1. The maximum atomic E-state index is 11.6. The molecule has 0 saturated carbocycles. The Labute approximate surface area is 100.0 Å². The molecule has 0 radical (unpaired) electrons. The van der Waals surface area contributed by atoms with Gasteiger partial charge in [-0.05, 0) is 11.6 Å². The first-order valence-electron chi connectivity index (χ1n) is 5.62. The third kappa shape index (κ3) is 2.85. The van der Waals surface area contributed by atoms with E-state index in [-0.39, 0.29) is 5.91 Å². The number of aromatic amines is 1. The lowest BCUT2D eigenvalue weighted by molar-refractivity contribution is -0.120. The molecule has 2 aromatic rings. The van der Waals surface area contributed by atoms with Crippen LogP contribution in [0.1, 0.15) is 5.56 Å². The van der Waals surface area contributed by atoms with Gasteiger partial charge in [0.25, 0.3) is 0 Å². The van der Waals surface area contributed by atoms with Crippen molar-refractivity contribution in [2.45, 2.75) is 6.42 Å². The SMILES string of the molecule is COCCNC(=O)Cc1c[nH]c2ccccc12. The summed E-state index contributed by atoms with van der Waals surface area (Å²) in [6.07, 6.45) is 2.29. The molecule has 0 aliphatic heterocycles. The number of nitrogens with one attached hydrogen (secondary N) is 2. The van der Waals surface area contributed by atoms with E-state index in [2.05, 4.69) is 10.3 Å². The van der Waals surface area contributed by atoms with Crippen molar-refractivity contribution in [3.63, 3.8) is 0 Å². The quantitative estimate of drug-likeness (QED) is 0.767. The molecular weight excluding hydrogens is 216 g/mol. The zero-order valence-corrected chi connectivity index (χ0v) is 9.82. The summed E-state index contributed by atoms with van der Waals surface area (Å²) in [5, 5.41) is 3.91. The Morgan fingerprint density at radius 3 is 3.06 bits per heavy atom. The van der Waals surface area contributed by atoms with Crippen LogP contribution in [0.3, 0.4) is 0 Å². The van der Waals surface area contributed by atoms with Crippen molar-refractivity contribution < 1.29 is 9.53 Å². The molecule has 1 amide bonds. The second-order valence-corrected chi connectivity index (χ2v) is 3.88. The molecule has 17 heavy (non-hydrogen) atoms. The lowest BCUT2D eigenvalue weighted by Gasteiger charge is -2.03. The molecular formula is C13H16N2O2. The maximum absolute atomic E-state index is 11.6. The summed E-state index contributed by atoms with van der Waals surface area (Å²) in [7, 11) is 1.62. The molecule has 2 N–H and O–H groups in total. The Morgan fingerprint density at radius 1 is 1.41 bits per heavy atom. The van der Waals surface area contributed by atoms with Crippen molar-refractivity contribution in [2.24, 2.45) is 0 Å². The second kappa shape index (κ2) is 5.50. The summed E-state index contributed by atoms with van der Waals surface area (Å²) in [5.41, 5.74) is 2.09. The number of ether oxygens (including phenoxy) is 1. The lowest BCUT2D eigenvalue weighted by atomic mass is 10.1. The topological polar surface area (TPSA) is 54.1 Å². The number of hydrogen-bond donors (Lipinski definition) is 2. The van der Waals surface area contributed by atoms with Gasteiger partial charge in [0.15, 0.2) is 0 Å². The fraction of sp³-hybridized carbons (Fsp3) is 0.308. The van der Waals surface area contributed by atoms with Gasteiger partial charge < -0.3 is 15.0 Å². The van der Waals surface area contributed by atoms with Gasteiger partial charge in [0.1, 0.15) is 0 Å². The smallest absolute Gasteiger partial charge is 0.224 e. The van der Waals surface area contributed by atoms with Gasteiger partial charge in [-0.25, -0.2) is 0 Å². The molecule has 1 aromatic heterocycles. The molecule has 0 aliphatic carbocycles. The molecule has 0 spiro atoms. The third-order valence-corrected chi connectivity index (χ3v) is 2.65. The summed E-state index contributed by atoms with van der Waals surface area (Å²) < 4.78 is 4.88. The van der Waals surface area contributed by atoms with E-state index >= 15 is 0 Å². The summed E-state index contributed by atoms with van der Waals surface area (Å²) >= 11 is 0. The molecule has 2 rings (SSSR count). The van der Waals surface area contributed by atoms with Gasteiger partial charge in [-0.1, -0.05) is 18.2 Å². The summed E-state index contributed by atoms with van der Waals surface area (Å²) in [5.74, 6) is 0.0202. The van der Waals surface area contributed by atoms with Crippen LogP contribution in [-0.4, -0.2) is 31.2 Å². The number of H-pyrrole nitrogens is 1. The van der Waals surface area contributed by atoms with E-state index in [9.17, 15) is 4.79 Å². The minimum atomic E-state index is 0.0202. The number of carbonyl (C=O) groups is 1. The van der Waals surface area contributed by atoms with Gasteiger partial charge in [0.05, 0.1) is 13.0 Å². The van der Waals surface area contributed by atoms with Gasteiger partial charge in [0, 0.05) is 30.8 Å². The Bertz CT molecular complexity index is 505. The van der Waals surface area contributed by atoms with Crippen LogP contribution < -0.4 is 5.32 Å². The number of rotatable bonds is 5. The van der Waals surface area contributed by atoms with Gasteiger partial charge in [-0.2, -0.15) is 0 Å². The highest BCUT2D eigenvalue weighted by Crippen LogP contribution is 2.17. The molecule has 4 heteroatoms. The van der Waals surface area contributed by atoms with Crippen LogP contribution >= 0.6 is 0 Å². The van der Waals surface area contributed by atoms with Crippen LogP contribution in [0.4, 0.5) is 0 Å². The fourth-order valence-corrected chi connectivity index (χ4v) is 1.81. The van der Waals surface area contributed by atoms with E-state index in [0.29, 0.717) is 19.6 Å². The van der Waals surface area contributed by atoms with Gasteiger partial charge >= 0.3 is 0 Å². The average molecular weight is 232 g/mol. The van der Waals surface area contributed by atoms with Crippen LogP contribution in [0.2, 0.25) is 0 Å². The van der Waals surface area contributed by atoms with E-state index in [1.165, 1.54) is 0 Å². The van der Waals surface area contributed by atoms with E-state index in [1.807, 2.05) is 30.5 Å². The van der Waals surface area contributed by atoms with Gasteiger partial charge in [-0.3, -0.25) is 4.79 Å². The normalized spacial score (nSPS) is 10.6. The highest BCUT2D eigenvalue weighted by atomic mass is 16.5. The van der Waals surface area contributed by atoms with Crippen molar-refractivity contribution in [1.29, 1.82) is 0 Å². The van der Waals surface area contributed by atoms with Crippen LogP contribution in [0.25, 0.3) is 10.9 Å². The molecule has 0 unspecified atom stereocenters. The fourth-order valence-electron chi connectivity index (χ4n) is 1.81. The van der Waals surface area contributed by atoms with Crippen molar-refractivity contribution in [2.75, 3.05) is 20.3 Å². The highest BCUT2D eigenvalue weighted by molar-refractivity contribution is 5.88. The van der Waals surface area contributed by atoms with Crippen molar-refractivity contribution in [3.8, 4) is 0 Å². The first-order chi connectivity index (χ1) is 8.31. The molecule has 0 aliphatic rings. The summed E-state index contributed by atoms with van der Waals surface area (Å²) in [6.45, 7) is 1.09. The Morgan fingerprint density at radius 2 is 2.24 bits per heavy atom. The maximum Gasteiger partial charge on any atom is 0.224 e. The minimum Gasteiger partial charge on any atom is -0.383 e. The molecule has 1 aromatic carbocycles. The number of fused-ring (bicyclic) bond motifs is 1. The molecule has 0 fully saturated rings. The monoisotopic (exact) mass is 232 g/mol. The Kier molecular flexibility index (Phi) is 3.77. The van der Waals surface area contributed by atoms with E-state index < -0.39 is 0 Å². The average Bonchev–Trinajstić information content (AvgIpc) is 2.73. The summed E-state index contributed by atoms with van der Waals surface area (Å²) in [6, 6.07) is 7.97. The van der Waals surface area contributed by atoms with Crippen LogP contribution in [0, 0.1) is 0 Å². The standard InChI is InChI=1S/C13H16N2O2/c1-17-7-6-14-13(16)8-10-9-15-12-5-3-2-4-11(10)12/h2-5,9,15H,6-8H2,1H3,(H,14,16). The largest absolute Gasteiger partial charge is 0.383 e.